The highest BCUT2D eigenvalue weighted by Crippen LogP contribution is 2.11. The first-order valence-corrected chi connectivity index (χ1v) is 7.71. The van der Waals surface area contributed by atoms with Crippen LogP contribution in [0.1, 0.15) is 37.4 Å². The van der Waals surface area contributed by atoms with Crippen molar-refractivity contribution in [1.82, 2.24) is 15.2 Å². The fraction of sp³-hybridized carbons (Fsp3) is 0.625. The lowest BCUT2D eigenvalue weighted by Crippen LogP contribution is -2.40. The zero-order valence-electron chi connectivity index (χ0n) is 12.8. The van der Waals surface area contributed by atoms with Crippen LogP contribution in [0.4, 0.5) is 0 Å². The lowest BCUT2D eigenvalue weighted by Gasteiger charge is -2.22. The Bertz CT molecular complexity index is 417. The second kappa shape index (κ2) is 8.74. The number of rotatable bonds is 6. The zero-order valence-corrected chi connectivity index (χ0v) is 12.8. The summed E-state index contributed by atoms with van der Waals surface area (Å²) >= 11 is 0. The van der Waals surface area contributed by atoms with Crippen LogP contribution in [0.2, 0.25) is 0 Å². The van der Waals surface area contributed by atoms with Gasteiger partial charge < -0.3 is 10.1 Å². The minimum Gasteiger partial charge on any atom is -0.382 e. The van der Waals surface area contributed by atoms with Crippen LogP contribution in [0.3, 0.4) is 0 Å². The van der Waals surface area contributed by atoms with E-state index in [2.05, 4.69) is 15.2 Å². The van der Waals surface area contributed by atoms with Crippen LogP contribution in [0.5, 0.6) is 0 Å². The monoisotopic (exact) mass is 291 g/mol. The smallest absolute Gasteiger partial charge is 0.234 e. The van der Waals surface area contributed by atoms with Gasteiger partial charge in [0, 0.05) is 13.3 Å². The third-order valence-electron chi connectivity index (χ3n) is 3.78. The van der Waals surface area contributed by atoms with Crippen molar-refractivity contribution in [3.05, 3.63) is 30.1 Å². The second-order valence-corrected chi connectivity index (χ2v) is 5.52. The van der Waals surface area contributed by atoms with Crippen molar-refractivity contribution in [2.24, 2.45) is 0 Å². The van der Waals surface area contributed by atoms with Gasteiger partial charge in [-0.3, -0.25) is 14.7 Å². The van der Waals surface area contributed by atoms with E-state index in [1.165, 1.54) is 25.7 Å². The molecule has 5 nitrogen and oxygen atoms in total. The number of nitrogens with zero attached hydrogens (tertiary/aromatic N) is 2. The lowest BCUT2D eigenvalue weighted by atomic mass is 10.2. The summed E-state index contributed by atoms with van der Waals surface area (Å²) in [7, 11) is 1.64. The summed E-state index contributed by atoms with van der Waals surface area (Å²) in [5, 5.41) is 3.03. The molecule has 1 saturated heterocycles. The quantitative estimate of drug-likeness (QED) is 0.868. The van der Waals surface area contributed by atoms with Crippen LogP contribution < -0.4 is 5.32 Å². The fourth-order valence-corrected chi connectivity index (χ4v) is 2.69. The molecule has 1 N–H and O–H groups in total. The first kappa shape index (κ1) is 15.9. The van der Waals surface area contributed by atoms with Crippen molar-refractivity contribution in [2.75, 3.05) is 33.4 Å². The average molecular weight is 291 g/mol. The van der Waals surface area contributed by atoms with Crippen molar-refractivity contribution >= 4 is 5.91 Å². The minimum absolute atomic E-state index is 0.0459. The molecule has 0 spiro atoms. The number of amides is 1. The number of carbonyl (C=O) groups is 1. The van der Waals surface area contributed by atoms with E-state index in [0.29, 0.717) is 13.2 Å². The van der Waals surface area contributed by atoms with Crippen LogP contribution in [0.25, 0.3) is 0 Å². The van der Waals surface area contributed by atoms with E-state index in [1.54, 1.807) is 13.3 Å². The van der Waals surface area contributed by atoms with E-state index >= 15 is 0 Å². The highest BCUT2D eigenvalue weighted by molar-refractivity contribution is 5.78. The molecule has 1 fully saturated rings. The van der Waals surface area contributed by atoms with Crippen molar-refractivity contribution in [1.29, 1.82) is 0 Å². The molecular weight excluding hydrogens is 266 g/mol. The number of hydrogen-bond acceptors (Lipinski definition) is 4. The topological polar surface area (TPSA) is 54.5 Å². The van der Waals surface area contributed by atoms with Crippen molar-refractivity contribution < 1.29 is 9.53 Å². The second-order valence-electron chi connectivity index (χ2n) is 5.52. The molecule has 1 amide bonds. The number of pyridine rings is 1. The maximum absolute atomic E-state index is 12.2. The standard InChI is InChI=1S/C16H25N3O2/c1-21-13-15(14-8-4-5-9-17-14)18-16(20)12-19-10-6-2-3-7-11-19/h4-5,8-9,15H,2-3,6-7,10-13H2,1H3,(H,18,20)/t15-/m0/s1. The molecule has 21 heavy (non-hydrogen) atoms. The Morgan fingerprint density at radius 3 is 2.71 bits per heavy atom. The van der Waals surface area contributed by atoms with E-state index in [9.17, 15) is 4.79 Å². The molecule has 0 aliphatic carbocycles. The molecule has 1 aromatic rings. The summed E-state index contributed by atoms with van der Waals surface area (Å²) in [6.45, 7) is 2.94. The summed E-state index contributed by atoms with van der Waals surface area (Å²) in [6, 6.07) is 5.52. The van der Waals surface area contributed by atoms with E-state index in [-0.39, 0.29) is 11.9 Å². The van der Waals surface area contributed by atoms with Gasteiger partial charge in [0.2, 0.25) is 5.91 Å². The maximum atomic E-state index is 12.2. The molecule has 0 unspecified atom stereocenters. The number of carbonyl (C=O) groups excluding carboxylic acids is 1. The number of hydrogen-bond donors (Lipinski definition) is 1. The first-order chi connectivity index (χ1) is 10.3. The van der Waals surface area contributed by atoms with E-state index < -0.39 is 0 Å². The van der Waals surface area contributed by atoms with Crippen LogP contribution in [0.15, 0.2) is 24.4 Å². The van der Waals surface area contributed by atoms with Crippen LogP contribution in [-0.2, 0) is 9.53 Å². The van der Waals surface area contributed by atoms with Gasteiger partial charge in [0.1, 0.15) is 0 Å². The maximum Gasteiger partial charge on any atom is 0.234 e. The molecule has 2 rings (SSSR count). The molecule has 2 heterocycles. The van der Waals surface area contributed by atoms with Crippen molar-refractivity contribution in [3.63, 3.8) is 0 Å². The third kappa shape index (κ3) is 5.44. The van der Waals surface area contributed by atoms with E-state index in [1.807, 2.05) is 18.2 Å². The third-order valence-corrected chi connectivity index (χ3v) is 3.78. The Hall–Kier alpha value is -1.46. The highest BCUT2D eigenvalue weighted by atomic mass is 16.5. The summed E-state index contributed by atoms with van der Waals surface area (Å²) in [5.41, 5.74) is 0.837. The van der Waals surface area contributed by atoms with Gasteiger partial charge in [0.25, 0.3) is 0 Å². The molecule has 0 aromatic carbocycles. The van der Waals surface area contributed by atoms with Gasteiger partial charge in [-0.15, -0.1) is 0 Å². The lowest BCUT2D eigenvalue weighted by molar-refractivity contribution is -0.123. The van der Waals surface area contributed by atoms with Crippen LogP contribution in [0, 0.1) is 0 Å². The van der Waals surface area contributed by atoms with Gasteiger partial charge in [-0.2, -0.15) is 0 Å². The van der Waals surface area contributed by atoms with E-state index in [0.717, 1.165) is 18.8 Å². The Morgan fingerprint density at radius 1 is 1.33 bits per heavy atom. The Labute approximate surface area is 126 Å². The molecule has 1 aliphatic heterocycles. The van der Waals surface area contributed by atoms with Crippen molar-refractivity contribution in [3.8, 4) is 0 Å². The molecule has 1 aliphatic rings. The largest absolute Gasteiger partial charge is 0.382 e. The summed E-state index contributed by atoms with van der Waals surface area (Å²) in [5.74, 6) is 0.0459. The number of nitrogens with one attached hydrogen (secondary N) is 1. The van der Waals surface area contributed by atoms with E-state index in [4.69, 9.17) is 4.74 Å². The van der Waals surface area contributed by atoms with Gasteiger partial charge >= 0.3 is 0 Å². The number of likely N-dealkylation sites (tertiary alicyclic amines) is 1. The highest BCUT2D eigenvalue weighted by Gasteiger charge is 2.18. The number of aromatic nitrogens is 1. The molecule has 0 saturated carbocycles. The van der Waals surface area contributed by atoms with Crippen LogP contribution >= 0.6 is 0 Å². The first-order valence-electron chi connectivity index (χ1n) is 7.71. The average Bonchev–Trinajstić information content (AvgIpc) is 2.76. The summed E-state index contributed by atoms with van der Waals surface area (Å²) in [4.78, 5) is 18.8. The summed E-state index contributed by atoms with van der Waals surface area (Å²) in [6.07, 6.45) is 6.67. The Morgan fingerprint density at radius 2 is 2.10 bits per heavy atom. The van der Waals surface area contributed by atoms with Gasteiger partial charge in [-0.1, -0.05) is 18.9 Å². The Balaban J connectivity index is 1.88. The minimum atomic E-state index is -0.185. The Kier molecular flexibility index (Phi) is 6.63. The fourth-order valence-electron chi connectivity index (χ4n) is 2.69. The van der Waals surface area contributed by atoms with Gasteiger partial charge in [0.05, 0.1) is 24.9 Å². The van der Waals surface area contributed by atoms with Gasteiger partial charge in [0.15, 0.2) is 0 Å². The number of methoxy groups -OCH3 is 1. The van der Waals surface area contributed by atoms with Gasteiger partial charge in [-0.05, 0) is 38.1 Å². The number of ether oxygens (including phenoxy) is 1. The predicted octanol–water partition coefficient (Wildman–Crippen LogP) is 1.76. The van der Waals surface area contributed by atoms with Gasteiger partial charge in [-0.25, -0.2) is 0 Å². The molecule has 1 aromatic heterocycles. The summed E-state index contributed by atoms with van der Waals surface area (Å²) < 4.78 is 5.20. The molecular formula is C16H25N3O2. The normalized spacial score (nSPS) is 18.0. The predicted molar refractivity (Wildman–Crippen MR) is 81.9 cm³/mol. The molecule has 1 atom stereocenters. The molecule has 5 heteroatoms. The SMILES string of the molecule is COC[C@H](NC(=O)CN1CCCCCC1)c1ccccn1. The zero-order chi connectivity index (χ0) is 14.9. The molecule has 0 radical (unpaired) electrons. The van der Waals surface area contributed by atoms with Crippen LogP contribution in [-0.4, -0.2) is 49.1 Å². The molecule has 116 valence electrons. The van der Waals surface area contributed by atoms with Crippen molar-refractivity contribution in [2.45, 2.75) is 31.7 Å². The molecule has 0 bridgehead atoms.